The molecule has 3 rings (SSSR count). The first-order valence-corrected chi connectivity index (χ1v) is 8.17. The van der Waals surface area contributed by atoms with Crippen LogP contribution < -0.4 is 9.47 Å². The number of hydrogen-bond acceptors (Lipinski definition) is 5. The molecule has 6 heteroatoms. The highest BCUT2D eigenvalue weighted by Crippen LogP contribution is 2.43. The number of rotatable bonds is 5. The second-order valence-electron chi connectivity index (χ2n) is 6.13. The number of aliphatic hydroxyl groups excluding tert-OH is 1. The number of fused-ring (bicyclic) bond motifs is 1. The van der Waals surface area contributed by atoms with Crippen LogP contribution in [0.2, 0.25) is 0 Å². The van der Waals surface area contributed by atoms with E-state index in [9.17, 15) is 15.2 Å². The fourth-order valence-electron chi connectivity index (χ4n) is 3.70. The lowest BCUT2D eigenvalue weighted by Gasteiger charge is -2.30. The topological polar surface area (TPSA) is 81.8 Å². The third-order valence-electron chi connectivity index (χ3n) is 4.91. The van der Waals surface area contributed by atoms with Gasteiger partial charge < -0.3 is 14.6 Å². The molecule has 0 amide bonds. The lowest BCUT2D eigenvalue weighted by molar-refractivity contribution is -0.526. The number of nitrogens with zero attached hydrogens (tertiary/aromatic N) is 1. The van der Waals surface area contributed by atoms with E-state index in [4.69, 9.17) is 9.47 Å². The lowest BCUT2D eigenvalue weighted by atomic mass is 9.74. The van der Waals surface area contributed by atoms with Crippen LogP contribution in [0.15, 0.2) is 36.4 Å². The minimum absolute atomic E-state index is 0.153. The molecule has 0 fully saturated rings. The van der Waals surface area contributed by atoms with Crippen LogP contribution in [0.5, 0.6) is 11.5 Å². The molecule has 2 atom stereocenters. The Kier molecular flexibility index (Phi) is 4.90. The molecule has 0 bridgehead atoms. The number of methoxy groups -OCH3 is 2. The third kappa shape index (κ3) is 3.05. The number of benzene rings is 2. The van der Waals surface area contributed by atoms with E-state index in [1.807, 2.05) is 30.3 Å². The van der Waals surface area contributed by atoms with E-state index in [1.54, 1.807) is 20.3 Å². The van der Waals surface area contributed by atoms with Crippen molar-refractivity contribution >= 4 is 0 Å². The molecule has 0 radical (unpaired) electrons. The normalized spacial score (nSPS) is 19.2. The van der Waals surface area contributed by atoms with E-state index in [0.717, 1.165) is 16.7 Å². The van der Waals surface area contributed by atoms with Crippen LogP contribution in [0.4, 0.5) is 0 Å². The molecule has 132 valence electrons. The monoisotopic (exact) mass is 343 g/mol. The minimum Gasteiger partial charge on any atom is -0.493 e. The van der Waals surface area contributed by atoms with Gasteiger partial charge in [-0.2, -0.15) is 0 Å². The van der Waals surface area contributed by atoms with E-state index in [2.05, 4.69) is 0 Å². The fraction of sp³-hybridized carbons (Fsp3) is 0.368. The molecule has 1 aliphatic carbocycles. The number of aliphatic hydroxyl groups is 1. The van der Waals surface area contributed by atoms with Gasteiger partial charge in [-0.25, -0.2) is 0 Å². The number of hydrogen-bond donors (Lipinski definition) is 1. The Morgan fingerprint density at radius 3 is 2.48 bits per heavy atom. The maximum Gasteiger partial charge on any atom is 0.224 e. The van der Waals surface area contributed by atoms with Crippen molar-refractivity contribution in [2.75, 3.05) is 14.2 Å². The summed E-state index contributed by atoms with van der Waals surface area (Å²) < 4.78 is 10.8. The molecular weight excluding hydrogens is 322 g/mol. The van der Waals surface area contributed by atoms with E-state index in [0.29, 0.717) is 29.9 Å². The molecule has 6 nitrogen and oxygen atoms in total. The summed E-state index contributed by atoms with van der Waals surface area (Å²) >= 11 is 0. The number of ether oxygens (including phenoxy) is 2. The Labute approximate surface area is 146 Å². The molecule has 0 saturated heterocycles. The van der Waals surface area contributed by atoms with Crippen LogP contribution in [0.1, 0.15) is 34.6 Å². The van der Waals surface area contributed by atoms with Crippen LogP contribution in [0, 0.1) is 10.1 Å². The van der Waals surface area contributed by atoms with Crippen molar-refractivity contribution in [1.82, 2.24) is 0 Å². The van der Waals surface area contributed by atoms with Gasteiger partial charge in [-0.15, -0.1) is 0 Å². The zero-order valence-corrected chi connectivity index (χ0v) is 14.3. The summed E-state index contributed by atoms with van der Waals surface area (Å²) in [5, 5.41) is 21.4. The Hall–Kier alpha value is -2.60. The lowest BCUT2D eigenvalue weighted by Crippen LogP contribution is -2.33. The van der Waals surface area contributed by atoms with E-state index in [1.165, 1.54) is 0 Å². The van der Waals surface area contributed by atoms with Gasteiger partial charge in [0.2, 0.25) is 6.04 Å². The van der Waals surface area contributed by atoms with Crippen LogP contribution in [-0.4, -0.2) is 30.3 Å². The standard InChI is InChI=1S/C19H21NO5/c1-24-17-9-12-7-8-16(20(22)23)19(15(12)10-18(17)25-2)14-6-4-3-5-13(14)11-21/h3-6,9-10,16,19,21H,7-8,11H2,1-2H3/t16-,19-/m1/s1. The van der Waals surface area contributed by atoms with E-state index in [-0.39, 0.29) is 11.5 Å². The molecule has 2 aromatic rings. The molecule has 1 N–H and O–H groups in total. The summed E-state index contributed by atoms with van der Waals surface area (Å²) in [5.74, 6) is 0.744. The van der Waals surface area contributed by atoms with Crippen LogP contribution in [0.3, 0.4) is 0 Å². The van der Waals surface area contributed by atoms with Crippen LogP contribution >= 0.6 is 0 Å². The van der Waals surface area contributed by atoms with Crippen molar-refractivity contribution in [3.8, 4) is 11.5 Å². The largest absolute Gasteiger partial charge is 0.493 e. The zero-order valence-electron chi connectivity index (χ0n) is 14.3. The van der Waals surface area contributed by atoms with Gasteiger partial charge in [-0.3, -0.25) is 10.1 Å². The van der Waals surface area contributed by atoms with Gasteiger partial charge in [0.1, 0.15) is 0 Å². The molecule has 1 aliphatic rings. The van der Waals surface area contributed by atoms with Gasteiger partial charge in [0.25, 0.3) is 0 Å². The molecule has 25 heavy (non-hydrogen) atoms. The Morgan fingerprint density at radius 1 is 1.16 bits per heavy atom. The number of aryl methyl sites for hydroxylation is 1. The van der Waals surface area contributed by atoms with E-state index < -0.39 is 12.0 Å². The molecule has 0 aliphatic heterocycles. The average molecular weight is 343 g/mol. The van der Waals surface area contributed by atoms with Gasteiger partial charge in [0, 0.05) is 11.3 Å². The Bertz CT molecular complexity index is 789. The van der Waals surface area contributed by atoms with Crippen LogP contribution in [0.25, 0.3) is 0 Å². The second-order valence-corrected chi connectivity index (χ2v) is 6.13. The van der Waals surface area contributed by atoms with Crippen molar-refractivity contribution in [2.24, 2.45) is 0 Å². The molecule has 0 heterocycles. The second kappa shape index (κ2) is 7.11. The predicted octanol–water partition coefficient (Wildman–Crippen LogP) is 2.92. The molecule has 0 saturated carbocycles. The minimum atomic E-state index is -0.738. The SMILES string of the molecule is COc1cc2c(cc1OC)[C@@H](c1ccccc1CO)[C@H]([N+](=O)[O-])CC2. The molecular formula is C19H21NO5. The quantitative estimate of drug-likeness (QED) is 0.667. The Morgan fingerprint density at radius 2 is 1.84 bits per heavy atom. The third-order valence-corrected chi connectivity index (χ3v) is 4.91. The van der Waals surface area contributed by atoms with Crippen molar-refractivity contribution in [3.63, 3.8) is 0 Å². The van der Waals surface area contributed by atoms with Crippen molar-refractivity contribution in [3.05, 3.63) is 68.8 Å². The van der Waals surface area contributed by atoms with E-state index >= 15 is 0 Å². The van der Waals surface area contributed by atoms with Crippen molar-refractivity contribution < 1.29 is 19.5 Å². The molecule has 0 aromatic heterocycles. The highest BCUT2D eigenvalue weighted by atomic mass is 16.6. The maximum atomic E-state index is 11.7. The highest BCUT2D eigenvalue weighted by Gasteiger charge is 2.40. The summed E-state index contributed by atoms with van der Waals surface area (Å²) in [7, 11) is 3.13. The Balaban J connectivity index is 2.22. The van der Waals surface area contributed by atoms with Crippen molar-refractivity contribution in [2.45, 2.75) is 31.4 Å². The summed E-state index contributed by atoms with van der Waals surface area (Å²) in [6.07, 6.45) is 1.05. The van der Waals surface area contributed by atoms with Crippen molar-refractivity contribution in [1.29, 1.82) is 0 Å². The van der Waals surface area contributed by atoms with Gasteiger partial charge in [0.15, 0.2) is 11.5 Å². The summed E-state index contributed by atoms with van der Waals surface area (Å²) in [5.41, 5.74) is 3.39. The number of nitro groups is 1. The van der Waals surface area contributed by atoms with Gasteiger partial charge in [-0.1, -0.05) is 24.3 Å². The maximum absolute atomic E-state index is 11.7. The summed E-state index contributed by atoms with van der Waals surface area (Å²) in [6, 6.07) is 10.3. The highest BCUT2D eigenvalue weighted by molar-refractivity contribution is 5.53. The first kappa shape index (κ1) is 17.2. The molecule has 0 spiro atoms. The fourth-order valence-corrected chi connectivity index (χ4v) is 3.70. The van der Waals surface area contributed by atoms with Gasteiger partial charge >= 0.3 is 0 Å². The summed E-state index contributed by atoms with van der Waals surface area (Å²) in [6.45, 7) is -0.153. The molecule has 2 aromatic carbocycles. The summed E-state index contributed by atoms with van der Waals surface area (Å²) in [4.78, 5) is 11.5. The van der Waals surface area contributed by atoms with Crippen LogP contribution in [-0.2, 0) is 13.0 Å². The van der Waals surface area contributed by atoms with Gasteiger partial charge in [0.05, 0.1) is 26.7 Å². The predicted molar refractivity (Wildman–Crippen MR) is 92.9 cm³/mol. The zero-order chi connectivity index (χ0) is 18.0. The van der Waals surface area contributed by atoms with Gasteiger partial charge in [-0.05, 0) is 40.8 Å². The average Bonchev–Trinajstić information content (AvgIpc) is 2.65. The first-order chi connectivity index (χ1) is 12.1. The first-order valence-electron chi connectivity index (χ1n) is 8.17. The smallest absolute Gasteiger partial charge is 0.224 e. The molecule has 0 unspecified atom stereocenters.